The number of aromatic nitrogens is 3. The van der Waals surface area contributed by atoms with Gasteiger partial charge in [0.25, 0.3) is 0 Å². The van der Waals surface area contributed by atoms with E-state index < -0.39 is 0 Å². The standard InChI is InChI=1S/C21H18N4O3/c1-28-17-11-9-15(10-12-17)23-19(26)14-24-18-8-5-13-22-20(18)25(21(24)27)16-6-3-2-4-7-16/h2-13H,14H2,1H3,(H,23,26). The molecule has 0 unspecified atom stereocenters. The number of methoxy groups -OCH3 is 1. The lowest BCUT2D eigenvalue weighted by Gasteiger charge is -2.07. The van der Waals surface area contributed by atoms with E-state index >= 15 is 0 Å². The number of rotatable bonds is 5. The van der Waals surface area contributed by atoms with Crippen molar-refractivity contribution in [1.29, 1.82) is 0 Å². The number of imidazole rings is 1. The summed E-state index contributed by atoms with van der Waals surface area (Å²) in [5.74, 6) is 0.398. The quantitative estimate of drug-likeness (QED) is 0.583. The minimum Gasteiger partial charge on any atom is -0.497 e. The Labute approximate surface area is 160 Å². The van der Waals surface area contributed by atoms with Gasteiger partial charge in [0.05, 0.1) is 18.3 Å². The summed E-state index contributed by atoms with van der Waals surface area (Å²) in [5.41, 5.74) is 2.12. The second-order valence-corrected chi connectivity index (χ2v) is 6.16. The van der Waals surface area contributed by atoms with Crippen molar-refractivity contribution < 1.29 is 9.53 Å². The zero-order valence-corrected chi connectivity index (χ0v) is 15.2. The fourth-order valence-corrected chi connectivity index (χ4v) is 3.07. The molecule has 2 aromatic heterocycles. The molecule has 0 aliphatic heterocycles. The lowest BCUT2D eigenvalue weighted by atomic mass is 10.3. The van der Waals surface area contributed by atoms with Crippen LogP contribution in [0.15, 0.2) is 77.7 Å². The Morgan fingerprint density at radius 2 is 1.79 bits per heavy atom. The Morgan fingerprint density at radius 3 is 2.50 bits per heavy atom. The number of nitrogens with one attached hydrogen (secondary N) is 1. The van der Waals surface area contributed by atoms with E-state index in [9.17, 15) is 9.59 Å². The molecule has 0 aliphatic rings. The number of hydrogen-bond acceptors (Lipinski definition) is 4. The largest absolute Gasteiger partial charge is 0.497 e. The number of amides is 1. The lowest BCUT2D eigenvalue weighted by molar-refractivity contribution is -0.116. The second kappa shape index (κ2) is 7.40. The molecule has 0 aliphatic carbocycles. The molecule has 0 radical (unpaired) electrons. The summed E-state index contributed by atoms with van der Waals surface area (Å²) in [7, 11) is 1.58. The summed E-state index contributed by atoms with van der Waals surface area (Å²) in [6.45, 7) is -0.118. The van der Waals surface area contributed by atoms with Crippen LogP contribution in [0.5, 0.6) is 5.75 Å². The van der Waals surface area contributed by atoms with Crippen molar-refractivity contribution in [3.8, 4) is 11.4 Å². The third-order valence-corrected chi connectivity index (χ3v) is 4.38. The first-order valence-electron chi connectivity index (χ1n) is 8.73. The number of benzene rings is 2. The molecule has 0 bridgehead atoms. The van der Waals surface area contributed by atoms with Gasteiger partial charge < -0.3 is 10.1 Å². The van der Waals surface area contributed by atoms with Crippen molar-refractivity contribution >= 4 is 22.8 Å². The van der Waals surface area contributed by atoms with Crippen LogP contribution in [0.25, 0.3) is 16.9 Å². The third-order valence-electron chi connectivity index (χ3n) is 4.38. The zero-order chi connectivity index (χ0) is 19.5. The van der Waals surface area contributed by atoms with Gasteiger partial charge in [0.1, 0.15) is 12.3 Å². The highest BCUT2D eigenvalue weighted by atomic mass is 16.5. The highest BCUT2D eigenvalue weighted by Gasteiger charge is 2.17. The van der Waals surface area contributed by atoms with Gasteiger partial charge in [0.15, 0.2) is 5.65 Å². The molecule has 0 saturated carbocycles. The number of fused-ring (bicyclic) bond motifs is 1. The van der Waals surface area contributed by atoms with E-state index in [4.69, 9.17) is 4.74 Å². The number of hydrogen-bond donors (Lipinski definition) is 1. The van der Waals surface area contributed by atoms with Crippen LogP contribution in [-0.4, -0.2) is 27.1 Å². The van der Waals surface area contributed by atoms with Crippen LogP contribution in [0.4, 0.5) is 5.69 Å². The molecule has 0 fully saturated rings. The maximum Gasteiger partial charge on any atom is 0.335 e. The molecule has 7 nitrogen and oxygen atoms in total. The van der Waals surface area contributed by atoms with Crippen molar-refractivity contribution in [1.82, 2.24) is 14.1 Å². The van der Waals surface area contributed by atoms with E-state index in [1.807, 2.05) is 30.3 Å². The van der Waals surface area contributed by atoms with Gasteiger partial charge in [-0.3, -0.25) is 9.36 Å². The topological polar surface area (TPSA) is 78.1 Å². The molecule has 28 heavy (non-hydrogen) atoms. The van der Waals surface area contributed by atoms with Crippen LogP contribution in [0.2, 0.25) is 0 Å². The van der Waals surface area contributed by atoms with E-state index in [2.05, 4.69) is 10.3 Å². The van der Waals surface area contributed by atoms with Crippen molar-refractivity contribution in [3.05, 3.63) is 83.4 Å². The van der Waals surface area contributed by atoms with Crippen LogP contribution in [-0.2, 0) is 11.3 Å². The fourth-order valence-electron chi connectivity index (χ4n) is 3.07. The monoisotopic (exact) mass is 374 g/mol. The van der Waals surface area contributed by atoms with Gasteiger partial charge in [-0.2, -0.15) is 0 Å². The predicted molar refractivity (Wildman–Crippen MR) is 107 cm³/mol. The van der Waals surface area contributed by atoms with Gasteiger partial charge in [-0.15, -0.1) is 0 Å². The Hall–Kier alpha value is -3.87. The summed E-state index contributed by atoms with van der Waals surface area (Å²) in [6, 6.07) is 19.8. The molecule has 4 rings (SSSR count). The molecule has 4 aromatic rings. The van der Waals surface area contributed by atoms with Gasteiger partial charge >= 0.3 is 5.69 Å². The summed E-state index contributed by atoms with van der Waals surface area (Å²) in [5, 5.41) is 2.80. The SMILES string of the molecule is COc1ccc(NC(=O)Cn2c(=O)n(-c3ccccc3)c3ncccc32)cc1. The number of carbonyl (C=O) groups excluding carboxylic acids is 1. The highest BCUT2D eigenvalue weighted by Crippen LogP contribution is 2.17. The van der Waals surface area contributed by atoms with Gasteiger partial charge in [-0.25, -0.2) is 14.3 Å². The molecule has 2 heterocycles. The molecule has 0 atom stereocenters. The summed E-state index contributed by atoms with van der Waals surface area (Å²) in [6.07, 6.45) is 1.63. The summed E-state index contributed by atoms with van der Waals surface area (Å²) < 4.78 is 8.05. The van der Waals surface area contributed by atoms with E-state index in [1.54, 1.807) is 49.7 Å². The first-order valence-corrected chi connectivity index (χ1v) is 8.73. The average Bonchev–Trinajstić information content (AvgIpc) is 3.01. The minimum absolute atomic E-state index is 0.118. The van der Waals surface area contributed by atoms with Crippen LogP contribution < -0.4 is 15.7 Å². The van der Waals surface area contributed by atoms with E-state index in [0.29, 0.717) is 28.3 Å². The third kappa shape index (κ3) is 3.25. The maximum atomic E-state index is 13.0. The molecule has 1 amide bonds. The van der Waals surface area contributed by atoms with Gasteiger partial charge in [-0.05, 0) is 48.5 Å². The van der Waals surface area contributed by atoms with Crippen molar-refractivity contribution in [3.63, 3.8) is 0 Å². The maximum absolute atomic E-state index is 13.0. The van der Waals surface area contributed by atoms with Crippen LogP contribution in [0, 0.1) is 0 Å². The van der Waals surface area contributed by atoms with Gasteiger partial charge in [0, 0.05) is 11.9 Å². The first-order chi connectivity index (χ1) is 13.7. The number of pyridine rings is 1. The first kappa shape index (κ1) is 17.5. The van der Waals surface area contributed by atoms with E-state index in [-0.39, 0.29) is 18.1 Å². The molecule has 140 valence electrons. The number of para-hydroxylation sites is 1. The second-order valence-electron chi connectivity index (χ2n) is 6.16. The van der Waals surface area contributed by atoms with E-state index in [0.717, 1.165) is 0 Å². The Bertz CT molecular complexity index is 1180. The zero-order valence-electron chi connectivity index (χ0n) is 15.2. The lowest BCUT2D eigenvalue weighted by Crippen LogP contribution is -2.28. The van der Waals surface area contributed by atoms with Crippen molar-refractivity contribution in [2.45, 2.75) is 6.54 Å². The minimum atomic E-state index is -0.315. The Morgan fingerprint density at radius 1 is 1.04 bits per heavy atom. The van der Waals surface area contributed by atoms with Crippen LogP contribution in [0.1, 0.15) is 0 Å². The molecule has 7 heteroatoms. The molecule has 0 saturated heterocycles. The molecule has 2 aromatic carbocycles. The Kier molecular flexibility index (Phi) is 4.63. The van der Waals surface area contributed by atoms with Gasteiger partial charge in [0.2, 0.25) is 5.91 Å². The fraction of sp³-hybridized carbons (Fsp3) is 0.0952. The smallest absolute Gasteiger partial charge is 0.335 e. The number of carbonyl (C=O) groups is 1. The average molecular weight is 374 g/mol. The number of nitrogens with zero attached hydrogens (tertiary/aromatic N) is 3. The predicted octanol–water partition coefficient (Wildman–Crippen LogP) is 2.83. The summed E-state index contributed by atoms with van der Waals surface area (Å²) >= 11 is 0. The molecular weight excluding hydrogens is 356 g/mol. The molecular formula is C21H18N4O3. The van der Waals surface area contributed by atoms with Crippen LogP contribution in [0.3, 0.4) is 0 Å². The molecule has 1 N–H and O–H groups in total. The number of ether oxygens (including phenoxy) is 1. The normalized spacial score (nSPS) is 10.8. The van der Waals surface area contributed by atoms with Crippen LogP contribution >= 0.6 is 0 Å². The summed E-state index contributed by atoms with van der Waals surface area (Å²) in [4.78, 5) is 29.9. The Balaban J connectivity index is 1.68. The highest BCUT2D eigenvalue weighted by molar-refractivity contribution is 5.91. The number of anilines is 1. The van der Waals surface area contributed by atoms with Crippen molar-refractivity contribution in [2.75, 3.05) is 12.4 Å². The van der Waals surface area contributed by atoms with Gasteiger partial charge in [-0.1, -0.05) is 18.2 Å². The van der Waals surface area contributed by atoms with E-state index in [1.165, 1.54) is 9.13 Å². The molecule has 0 spiro atoms. The van der Waals surface area contributed by atoms with Crippen molar-refractivity contribution in [2.24, 2.45) is 0 Å².